The highest BCUT2D eigenvalue weighted by Gasteiger charge is 2.52. The van der Waals surface area contributed by atoms with E-state index in [4.69, 9.17) is 4.74 Å². The van der Waals surface area contributed by atoms with Crippen molar-refractivity contribution in [3.63, 3.8) is 0 Å². The molecular formula is C24H24F2N2O5. The minimum absolute atomic E-state index is 0.0591. The Bertz CT molecular complexity index is 1060. The number of alkyl carbamates (subject to hydrolysis) is 1. The number of ether oxygens (including phenoxy) is 1. The predicted molar refractivity (Wildman–Crippen MR) is 115 cm³/mol. The zero-order valence-corrected chi connectivity index (χ0v) is 17.9. The van der Waals surface area contributed by atoms with E-state index in [1.807, 2.05) is 59.2 Å². The Kier molecular flexibility index (Phi) is 5.82. The van der Waals surface area contributed by atoms with Gasteiger partial charge in [-0.05, 0) is 47.9 Å². The number of halogens is 2. The lowest BCUT2D eigenvalue weighted by Gasteiger charge is -2.28. The molecule has 7 nitrogen and oxygen atoms in total. The number of hydrogen-bond acceptors (Lipinski definition) is 4. The Morgan fingerprint density at radius 1 is 1.03 bits per heavy atom. The zero-order chi connectivity index (χ0) is 23.8. The summed E-state index contributed by atoms with van der Waals surface area (Å²) in [7, 11) is 0. The van der Waals surface area contributed by atoms with Crippen LogP contribution < -0.4 is 10.6 Å². The van der Waals surface area contributed by atoms with Crippen molar-refractivity contribution in [3.8, 4) is 11.1 Å². The van der Waals surface area contributed by atoms with Gasteiger partial charge in [-0.15, -0.1) is 0 Å². The number of alkyl halides is 2. The van der Waals surface area contributed by atoms with Crippen LogP contribution in [0.4, 0.5) is 13.6 Å². The van der Waals surface area contributed by atoms with Gasteiger partial charge in [-0.1, -0.05) is 48.5 Å². The average Bonchev–Trinajstić information content (AvgIpc) is 3.60. The van der Waals surface area contributed by atoms with Gasteiger partial charge in [-0.2, -0.15) is 8.78 Å². The van der Waals surface area contributed by atoms with Gasteiger partial charge in [-0.3, -0.25) is 4.79 Å². The Balaban J connectivity index is 1.34. The summed E-state index contributed by atoms with van der Waals surface area (Å²) in [5.41, 5.74) is 2.24. The van der Waals surface area contributed by atoms with Gasteiger partial charge >= 0.3 is 18.0 Å². The summed E-state index contributed by atoms with van der Waals surface area (Å²) in [5.74, 6) is -7.76. The number of carboxylic acids is 1. The first-order valence-corrected chi connectivity index (χ1v) is 10.7. The number of carbonyl (C=O) groups excluding carboxylic acids is 2. The molecule has 2 aromatic carbocycles. The molecule has 1 unspecified atom stereocenters. The van der Waals surface area contributed by atoms with Crippen LogP contribution in [0.3, 0.4) is 0 Å². The van der Waals surface area contributed by atoms with Crippen LogP contribution in [0.1, 0.15) is 36.8 Å². The highest BCUT2D eigenvalue weighted by Crippen LogP contribution is 2.44. The van der Waals surface area contributed by atoms with Crippen molar-refractivity contribution in [1.29, 1.82) is 0 Å². The fourth-order valence-corrected chi connectivity index (χ4v) is 4.23. The summed E-state index contributed by atoms with van der Waals surface area (Å²) in [4.78, 5) is 35.6. The molecule has 0 radical (unpaired) electrons. The molecule has 1 saturated carbocycles. The SMILES string of the molecule is CC(NC(=O)C(F)(F)CNC(=O)OCC1c2ccccc2-c2ccccc21)(C(=O)O)C1CC1. The van der Waals surface area contributed by atoms with Gasteiger partial charge in [0.25, 0.3) is 5.91 Å². The van der Waals surface area contributed by atoms with Crippen LogP contribution >= 0.6 is 0 Å². The number of carbonyl (C=O) groups is 3. The molecule has 33 heavy (non-hydrogen) atoms. The lowest BCUT2D eigenvalue weighted by Crippen LogP contribution is -2.59. The Morgan fingerprint density at radius 3 is 2.09 bits per heavy atom. The smallest absolute Gasteiger partial charge is 0.407 e. The fraction of sp³-hybridized carbons (Fsp3) is 0.375. The van der Waals surface area contributed by atoms with Crippen LogP contribution in [0.25, 0.3) is 11.1 Å². The molecule has 9 heteroatoms. The molecule has 0 aromatic heterocycles. The monoisotopic (exact) mass is 458 g/mol. The average molecular weight is 458 g/mol. The maximum absolute atomic E-state index is 14.3. The number of rotatable bonds is 8. The van der Waals surface area contributed by atoms with Crippen molar-refractivity contribution in [2.75, 3.05) is 13.2 Å². The van der Waals surface area contributed by atoms with Crippen LogP contribution in [0.5, 0.6) is 0 Å². The van der Waals surface area contributed by atoms with Crippen molar-refractivity contribution in [2.24, 2.45) is 5.92 Å². The number of benzene rings is 2. The van der Waals surface area contributed by atoms with Gasteiger partial charge < -0.3 is 20.5 Å². The van der Waals surface area contributed by atoms with E-state index >= 15 is 0 Å². The van der Waals surface area contributed by atoms with E-state index in [2.05, 4.69) is 0 Å². The highest BCUT2D eigenvalue weighted by molar-refractivity contribution is 5.91. The van der Waals surface area contributed by atoms with Gasteiger partial charge in [-0.25, -0.2) is 9.59 Å². The Labute approximate surface area is 189 Å². The number of amides is 2. The Morgan fingerprint density at radius 2 is 1.58 bits per heavy atom. The lowest BCUT2D eigenvalue weighted by atomic mass is 9.95. The molecule has 0 bridgehead atoms. The van der Waals surface area contributed by atoms with E-state index in [0.29, 0.717) is 12.8 Å². The van der Waals surface area contributed by atoms with Crippen molar-refractivity contribution in [1.82, 2.24) is 10.6 Å². The van der Waals surface area contributed by atoms with Crippen LogP contribution in [-0.2, 0) is 14.3 Å². The molecule has 1 fully saturated rings. The standard InChI is InChI=1S/C24H24F2N2O5/c1-23(21(30)31,14-10-11-14)28-20(29)24(25,26)13-27-22(32)33-12-19-17-8-4-2-6-15(17)16-7-3-5-9-18(16)19/h2-9,14,19H,10-13H2,1H3,(H,27,32)(H,28,29)(H,30,31). The van der Waals surface area contributed by atoms with E-state index in [9.17, 15) is 28.3 Å². The molecule has 1 atom stereocenters. The topological polar surface area (TPSA) is 105 Å². The minimum atomic E-state index is -4.00. The molecule has 2 aromatic rings. The Hall–Kier alpha value is -3.49. The molecule has 0 saturated heterocycles. The summed E-state index contributed by atoms with van der Waals surface area (Å²) >= 11 is 0. The van der Waals surface area contributed by atoms with Crippen molar-refractivity contribution in [2.45, 2.75) is 37.1 Å². The van der Waals surface area contributed by atoms with Gasteiger partial charge in [0.2, 0.25) is 0 Å². The molecular weight excluding hydrogens is 434 g/mol. The van der Waals surface area contributed by atoms with Crippen LogP contribution in [0.15, 0.2) is 48.5 Å². The summed E-state index contributed by atoms with van der Waals surface area (Å²) in [6, 6.07) is 15.4. The maximum atomic E-state index is 14.3. The number of fused-ring (bicyclic) bond motifs is 3. The molecule has 0 heterocycles. The second-order valence-corrected chi connectivity index (χ2v) is 8.62. The third-order valence-corrected chi connectivity index (χ3v) is 6.34. The third kappa shape index (κ3) is 4.40. The van der Waals surface area contributed by atoms with Crippen LogP contribution in [-0.4, -0.2) is 47.7 Å². The first-order valence-electron chi connectivity index (χ1n) is 10.7. The first kappa shape index (κ1) is 22.7. The number of hydrogen-bond donors (Lipinski definition) is 3. The first-order chi connectivity index (χ1) is 15.6. The predicted octanol–water partition coefficient (Wildman–Crippen LogP) is 3.53. The molecule has 4 rings (SSSR count). The molecule has 2 amide bonds. The quantitative estimate of drug-likeness (QED) is 0.561. The molecule has 2 aliphatic carbocycles. The van der Waals surface area contributed by atoms with Crippen molar-refractivity contribution in [3.05, 3.63) is 59.7 Å². The van der Waals surface area contributed by atoms with E-state index in [1.165, 1.54) is 6.92 Å². The maximum Gasteiger partial charge on any atom is 0.407 e. The second kappa shape index (κ2) is 8.46. The van der Waals surface area contributed by atoms with E-state index in [1.54, 1.807) is 0 Å². The highest BCUT2D eigenvalue weighted by atomic mass is 19.3. The molecule has 2 aliphatic rings. The summed E-state index contributed by atoms with van der Waals surface area (Å²) in [5, 5.41) is 13.2. The number of aliphatic carboxylic acids is 1. The van der Waals surface area contributed by atoms with Gasteiger partial charge in [0.05, 0.1) is 6.54 Å². The normalized spacial score (nSPS) is 16.8. The fourth-order valence-electron chi connectivity index (χ4n) is 4.23. The van der Waals surface area contributed by atoms with Crippen LogP contribution in [0, 0.1) is 5.92 Å². The van der Waals surface area contributed by atoms with Gasteiger partial charge in [0.15, 0.2) is 0 Å². The van der Waals surface area contributed by atoms with Gasteiger partial charge in [0.1, 0.15) is 12.1 Å². The molecule has 3 N–H and O–H groups in total. The van der Waals surface area contributed by atoms with E-state index in [0.717, 1.165) is 22.3 Å². The number of carboxylic acid groups (broad SMARTS) is 1. The molecule has 174 valence electrons. The van der Waals surface area contributed by atoms with Crippen molar-refractivity contribution >= 4 is 18.0 Å². The number of nitrogens with one attached hydrogen (secondary N) is 2. The van der Waals surface area contributed by atoms with E-state index in [-0.39, 0.29) is 12.5 Å². The third-order valence-electron chi connectivity index (χ3n) is 6.34. The summed E-state index contributed by atoms with van der Waals surface area (Å²) in [6.45, 7) is -0.160. The molecule has 0 spiro atoms. The molecule has 0 aliphatic heterocycles. The summed E-state index contributed by atoms with van der Waals surface area (Å²) < 4.78 is 33.8. The minimum Gasteiger partial charge on any atom is -0.480 e. The zero-order valence-electron chi connectivity index (χ0n) is 17.9. The second-order valence-electron chi connectivity index (χ2n) is 8.62. The van der Waals surface area contributed by atoms with Crippen molar-refractivity contribution < 1.29 is 33.0 Å². The van der Waals surface area contributed by atoms with Gasteiger partial charge in [0, 0.05) is 5.92 Å². The lowest BCUT2D eigenvalue weighted by molar-refractivity contribution is -0.155. The summed E-state index contributed by atoms with van der Waals surface area (Å²) in [6.07, 6.45) is -0.0215. The van der Waals surface area contributed by atoms with Crippen LogP contribution in [0.2, 0.25) is 0 Å². The van der Waals surface area contributed by atoms with E-state index < -0.39 is 41.9 Å². The largest absolute Gasteiger partial charge is 0.480 e.